The number of ketones is 1. The van der Waals surface area contributed by atoms with Gasteiger partial charge in [-0.25, -0.2) is 0 Å². The maximum Gasteiger partial charge on any atom is 0.299 e. The molecule has 2 aliphatic rings. The Morgan fingerprint density at radius 1 is 1.05 bits per heavy atom. The molecule has 0 saturated heterocycles. The lowest BCUT2D eigenvalue weighted by Crippen LogP contribution is -2.41. The number of para-hydroxylation sites is 1. The number of hydrogen-bond donors (Lipinski definition) is 0. The molecule has 1 aromatic carbocycles. The number of carbonyl (C=O) groups is 2. The van der Waals surface area contributed by atoms with Crippen molar-refractivity contribution in [2.75, 3.05) is 16.8 Å². The van der Waals surface area contributed by atoms with Crippen molar-refractivity contribution in [2.45, 2.75) is 38.5 Å². The third kappa shape index (κ3) is 2.66. The van der Waals surface area contributed by atoms with Crippen LogP contribution in [-0.2, 0) is 4.79 Å². The summed E-state index contributed by atoms with van der Waals surface area (Å²) >= 11 is 3.66. The van der Waals surface area contributed by atoms with Gasteiger partial charge in [0.25, 0.3) is 11.7 Å². The monoisotopic (exact) mass is 349 g/mol. The van der Waals surface area contributed by atoms with Crippen molar-refractivity contribution >= 4 is 33.3 Å². The normalized spacial score (nSPS) is 21.3. The van der Waals surface area contributed by atoms with E-state index in [-0.39, 0.29) is 17.1 Å². The average molecular weight is 350 g/mol. The van der Waals surface area contributed by atoms with E-state index in [4.69, 9.17) is 0 Å². The Morgan fingerprint density at radius 2 is 1.71 bits per heavy atom. The minimum Gasteiger partial charge on any atom is -0.304 e. The molecule has 0 aromatic heterocycles. The largest absolute Gasteiger partial charge is 0.304 e. The lowest BCUT2D eigenvalue weighted by Gasteiger charge is -2.35. The number of alkyl halides is 1. The lowest BCUT2D eigenvalue weighted by molar-refractivity contribution is -0.114. The summed E-state index contributed by atoms with van der Waals surface area (Å²) in [5, 5.41) is 0.889. The van der Waals surface area contributed by atoms with Crippen molar-refractivity contribution in [3.05, 3.63) is 29.8 Å². The van der Waals surface area contributed by atoms with Gasteiger partial charge in [-0.05, 0) is 30.4 Å². The summed E-state index contributed by atoms with van der Waals surface area (Å²) in [6, 6.07) is 7.35. The number of halogens is 1. The highest BCUT2D eigenvalue weighted by molar-refractivity contribution is 9.09. The molecule has 3 rings (SSSR count). The zero-order chi connectivity index (χ0) is 14.9. The van der Waals surface area contributed by atoms with Crippen LogP contribution in [0.4, 0.5) is 5.69 Å². The maximum absolute atomic E-state index is 12.3. The van der Waals surface area contributed by atoms with Crippen LogP contribution in [0.2, 0.25) is 0 Å². The van der Waals surface area contributed by atoms with E-state index in [9.17, 15) is 9.59 Å². The number of fused-ring (bicyclic) bond motifs is 1. The van der Waals surface area contributed by atoms with Crippen LogP contribution in [0.25, 0.3) is 0 Å². The number of amides is 1. The summed E-state index contributed by atoms with van der Waals surface area (Å²) in [5.41, 5.74) is 1.45. The van der Waals surface area contributed by atoms with Crippen LogP contribution in [0.15, 0.2) is 24.3 Å². The Balaban J connectivity index is 1.90. The van der Waals surface area contributed by atoms with Crippen LogP contribution in [0.3, 0.4) is 0 Å². The molecule has 1 saturated carbocycles. The van der Waals surface area contributed by atoms with Gasteiger partial charge in [0.15, 0.2) is 0 Å². The van der Waals surface area contributed by atoms with E-state index >= 15 is 0 Å². The van der Waals surface area contributed by atoms with Crippen molar-refractivity contribution in [1.29, 1.82) is 0 Å². The SMILES string of the molecule is O=C1C(=O)N(CC2(CBr)CCCCCC2)c2ccccc21. The van der Waals surface area contributed by atoms with Gasteiger partial charge in [-0.3, -0.25) is 9.59 Å². The number of Topliss-reactive ketones (excluding diaryl/α,β-unsaturated/α-hetero) is 1. The standard InChI is InChI=1S/C17H20BrNO2/c18-11-17(9-5-1-2-6-10-17)12-19-14-8-4-3-7-13(14)15(20)16(19)21/h3-4,7-8H,1-2,5-6,9-12H2. The highest BCUT2D eigenvalue weighted by Gasteiger charge is 2.41. The summed E-state index contributed by atoms with van der Waals surface area (Å²) < 4.78 is 0. The molecule has 3 nitrogen and oxygen atoms in total. The van der Waals surface area contributed by atoms with Crippen LogP contribution in [-0.4, -0.2) is 23.6 Å². The van der Waals surface area contributed by atoms with Crippen molar-refractivity contribution in [3.63, 3.8) is 0 Å². The summed E-state index contributed by atoms with van der Waals surface area (Å²) in [5.74, 6) is -0.718. The van der Waals surface area contributed by atoms with Gasteiger partial charge < -0.3 is 4.90 Å². The Labute approximate surface area is 133 Å². The van der Waals surface area contributed by atoms with Gasteiger partial charge >= 0.3 is 0 Å². The fraction of sp³-hybridized carbons (Fsp3) is 0.529. The molecule has 0 bridgehead atoms. The van der Waals surface area contributed by atoms with Gasteiger partial charge in [-0.15, -0.1) is 0 Å². The smallest absolute Gasteiger partial charge is 0.299 e. The van der Waals surface area contributed by atoms with E-state index in [0.29, 0.717) is 12.1 Å². The Kier molecular flexibility index (Phi) is 4.16. The third-order valence-corrected chi connectivity index (χ3v) is 6.01. The van der Waals surface area contributed by atoms with E-state index < -0.39 is 0 Å². The zero-order valence-electron chi connectivity index (χ0n) is 12.1. The van der Waals surface area contributed by atoms with Crippen LogP contribution < -0.4 is 4.90 Å². The number of rotatable bonds is 3. The predicted octanol–water partition coefficient (Wildman–Crippen LogP) is 3.95. The predicted molar refractivity (Wildman–Crippen MR) is 87.1 cm³/mol. The quantitative estimate of drug-likeness (QED) is 0.470. The minimum atomic E-state index is -0.360. The van der Waals surface area contributed by atoms with Crippen molar-refractivity contribution in [2.24, 2.45) is 5.41 Å². The first kappa shape index (κ1) is 14.8. The second kappa shape index (κ2) is 5.91. The van der Waals surface area contributed by atoms with E-state index in [1.165, 1.54) is 25.7 Å². The number of nitrogens with zero attached hydrogens (tertiary/aromatic N) is 1. The molecule has 1 aliphatic carbocycles. The second-order valence-corrected chi connectivity index (χ2v) is 6.85. The molecule has 1 heterocycles. The molecule has 1 amide bonds. The number of benzene rings is 1. The molecule has 1 aliphatic heterocycles. The fourth-order valence-electron chi connectivity index (χ4n) is 3.55. The third-order valence-electron chi connectivity index (χ3n) is 4.82. The summed E-state index contributed by atoms with van der Waals surface area (Å²) in [7, 11) is 0. The van der Waals surface area contributed by atoms with Gasteiger partial charge in [0, 0.05) is 11.9 Å². The summed E-state index contributed by atoms with van der Waals surface area (Å²) in [4.78, 5) is 26.2. The van der Waals surface area contributed by atoms with E-state index in [2.05, 4.69) is 15.9 Å². The minimum absolute atomic E-state index is 0.101. The van der Waals surface area contributed by atoms with Crippen molar-refractivity contribution in [3.8, 4) is 0 Å². The molecule has 0 N–H and O–H groups in total. The summed E-state index contributed by atoms with van der Waals surface area (Å²) in [6.07, 6.45) is 7.22. The average Bonchev–Trinajstić information content (AvgIpc) is 2.70. The lowest BCUT2D eigenvalue weighted by atomic mass is 9.82. The highest BCUT2D eigenvalue weighted by Crippen LogP contribution is 2.40. The van der Waals surface area contributed by atoms with E-state index in [1.807, 2.05) is 18.2 Å². The van der Waals surface area contributed by atoms with Gasteiger partial charge in [0.05, 0.1) is 11.3 Å². The molecule has 112 valence electrons. The number of anilines is 1. The molecular formula is C17H20BrNO2. The Hall–Kier alpha value is -1.16. The van der Waals surface area contributed by atoms with Crippen LogP contribution in [0.1, 0.15) is 48.9 Å². The van der Waals surface area contributed by atoms with Gasteiger partial charge in [0.1, 0.15) is 0 Å². The van der Waals surface area contributed by atoms with Crippen molar-refractivity contribution < 1.29 is 9.59 Å². The van der Waals surface area contributed by atoms with Crippen LogP contribution in [0.5, 0.6) is 0 Å². The van der Waals surface area contributed by atoms with Crippen molar-refractivity contribution in [1.82, 2.24) is 0 Å². The number of carbonyl (C=O) groups excluding carboxylic acids is 2. The molecular weight excluding hydrogens is 330 g/mol. The van der Waals surface area contributed by atoms with E-state index in [0.717, 1.165) is 23.9 Å². The van der Waals surface area contributed by atoms with Crippen LogP contribution >= 0.6 is 15.9 Å². The van der Waals surface area contributed by atoms with Gasteiger partial charge in [-0.1, -0.05) is 53.7 Å². The molecule has 0 atom stereocenters. The van der Waals surface area contributed by atoms with E-state index in [1.54, 1.807) is 11.0 Å². The first-order valence-electron chi connectivity index (χ1n) is 7.68. The molecule has 0 unspecified atom stereocenters. The summed E-state index contributed by atoms with van der Waals surface area (Å²) in [6.45, 7) is 0.653. The molecule has 0 radical (unpaired) electrons. The molecule has 21 heavy (non-hydrogen) atoms. The first-order chi connectivity index (χ1) is 10.2. The fourth-order valence-corrected chi connectivity index (χ4v) is 4.29. The highest BCUT2D eigenvalue weighted by atomic mass is 79.9. The Bertz CT molecular complexity index is 562. The maximum atomic E-state index is 12.3. The van der Waals surface area contributed by atoms with Gasteiger partial charge in [0.2, 0.25) is 0 Å². The molecule has 1 aromatic rings. The Morgan fingerprint density at radius 3 is 2.38 bits per heavy atom. The first-order valence-corrected chi connectivity index (χ1v) is 8.80. The molecule has 1 fully saturated rings. The van der Waals surface area contributed by atoms with Crippen LogP contribution in [0, 0.1) is 5.41 Å². The number of hydrogen-bond acceptors (Lipinski definition) is 2. The molecule has 0 spiro atoms. The topological polar surface area (TPSA) is 37.4 Å². The second-order valence-electron chi connectivity index (χ2n) is 6.29. The zero-order valence-corrected chi connectivity index (χ0v) is 13.7. The van der Waals surface area contributed by atoms with Gasteiger partial charge in [-0.2, -0.15) is 0 Å². The molecule has 4 heteroatoms.